The summed E-state index contributed by atoms with van der Waals surface area (Å²) in [6, 6.07) is 9.79. The third-order valence-electron chi connectivity index (χ3n) is 8.21. The van der Waals surface area contributed by atoms with Gasteiger partial charge in [0.1, 0.15) is 5.65 Å². The number of aliphatic hydroxyl groups excluding tert-OH is 1. The van der Waals surface area contributed by atoms with E-state index in [-0.39, 0.29) is 6.10 Å². The minimum Gasteiger partial charge on any atom is -0.393 e. The zero-order valence-corrected chi connectivity index (χ0v) is 22.9. The van der Waals surface area contributed by atoms with E-state index in [1.807, 2.05) is 6.20 Å². The number of rotatable bonds is 8. The molecule has 5 rings (SSSR count). The molecule has 37 heavy (non-hydrogen) atoms. The van der Waals surface area contributed by atoms with Crippen LogP contribution in [0.3, 0.4) is 0 Å². The molecule has 7 nitrogen and oxygen atoms in total. The van der Waals surface area contributed by atoms with E-state index in [9.17, 15) is 5.11 Å². The molecular formula is C30H44N6O. The summed E-state index contributed by atoms with van der Waals surface area (Å²) in [4.78, 5) is 14.7. The highest BCUT2D eigenvalue weighted by Crippen LogP contribution is 2.37. The van der Waals surface area contributed by atoms with Crippen LogP contribution in [0.4, 0.5) is 5.95 Å². The normalized spacial score (nSPS) is 22.7. The number of nitrogens with zero attached hydrogens (tertiary/aromatic N) is 5. The summed E-state index contributed by atoms with van der Waals surface area (Å²) in [5.74, 6) is 0.702. The van der Waals surface area contributed by atoms with Crippen LogP contribution < -0.4 is 5.32 Å². The van der Waals surface area contributed by atoms with Crippen molar-refractivity contribution in [1.29, 1.82) is 0 Å². The molecule has 2 aromatic heterocycles. The Balaban J connectivity index is 1.42. The van der Waals surface area contributed by atoms with Gasteiger partial charge in [0.15, 0.2) is 0 Å². The molecule has 0 amide bonds. The highest BCUT2D eigenvalue weighted by molar-refractivity contribution is 5.94. The van der Waals surface area contributed by atoms with Crippen molar-refractivity contribution in [2.75, 3.05) is 38.5 Å². The number of aliphatic hydroxyl groups is 1. The number of nitrogens with one attached hydrogen (secondary N) is 1. The van der Waals surface area contributed by atoms with Crippen LogP contribution in [0.5, 0.6) is 0 Å². The fourth-order valence-corrected chi connectivity index (χ4v) is 5.98. The molecule has 1 aliphatic carbocycles. The quantitative estimate of drug-likeness (QED) is 0.433. The molecule has 1 atom stereocenters. The first kappa shape index (κ1) is 26.1. The third-order valence-corrected chi connectivity index (χ3v) is 8.21. The first-order chi connectivity index (χ1) is 18.0. The van der Waals surface area contributed by atoms with Crippen molar-refractivity contribution < 1.29 is 5.11 Å². The number of benzene rings is 1. The van der Waals surface area contributed by atoms with Crippen molar-refractivity contribution >= 4 is 17.0 Å². The van der Waals surface area contributed by atoms with Crippen molar-refractivity contribution in [3.05, 3.63) is 42.2 Å². The summed E-state index contributed by atoms with van der Waals surface area (Å²) in [5.41, 5.74) is 4.76. The van der Waals surface area contributed by atoms with Gasteiger partial charge in [-0.2, -0.15) is 4.98 Å². The van der Waals surface area contributed by atoms with Gasteiger partial charge in [-0.05, 0) is 76.7 Å². The minimum absolute atomic E-state index is 0.170. The predicted octanol–water partition coefficient (Wildman–Crippen LogP) is 5.31. The van der Waals surface area contributed by atoms with Gasteiger partial charge in [-0.1, -0.05) is 37.6 Å². The summed E-state index contributed by atoms with van der Waals surface area (Å²) < 4.78 is 2.36. The Hall–Kier alpha value is -2.48. The standard InChI is InChI=1S/C30H44N6O/c1-4-6-22(2)32-30-31-19-27-28(21-36(29(27)33-30)25-11-13-26(37)14-12-25)24-9-7-23(8-10-24)20-35-16-5-15-34(3)17-18-35/h7-10,19,21-22,25-26,37H,4-6,11-18,20H2,1-3H3,(H,31,32,33). The van der Waals surface area contributed by atoms with E-state index in [1.54, 1.807) is 0 Å². The number of hydrogen-bond donors (Lipinski definition) is 2. The molecule has 3 heterocycles. The molecule has 2 N–H and O–H groups in total. The summed E-state index contributed by atoms with van der Waals surface area (Å²) in [7, 11) is 2.22. The topological polar surface area (TPSA) is 69.5 Å². The summed E-state index contributed by atoms with van der Waals surface area (Å²) in [5, 5.41) is 14.7. The minimum atomic E-state index is -0.170. The van der Waals surface area contributed by atoms with Crippen molar-refractivity contribution in [2.45, 2.75) is 83.5 Å². The lowest BCUT2D eigenvalue weighted by molar-refractivity contribution is 0.111. The van der Waals surface area contributed by atoms with Crippen molar-refractivity contribution in [1.82, 2.24) is 24.3 Å². The first-order valence-corrected chi connectivity index (χ1v) is 14.3. The fourth-order valence-electron chi connectivity index (χ4n) is 5.98. The Kier molecular flexibility index (Phi) is 8.43. The molecule has 0 bridgehead atoms. The maximum atomic E-state index is 10.1. The molecular weight excluding hydrogens is 460 g/mol. The van der Waals surface area contributed by atoms with Crippen LogP contribution in [-0.2, 0) is 6.54 Å². The fraction of sp³-hybridized carbons (Fsp3) is 0.600. The van der Waals surface area contributed by atoms with Gasteiger partial charge in [0.05, 0.1) is 6.10 Å². The number of fused-ring (bicyclic) bond motifs is 1. The monoisotopic (exact) mass is 504 g/mol. The number of aromatic nitrogens is 3. The lowest BCUT2D eigenvalue weighted by Crippen LogP contribution is -2.28. The second kappa shape index (κ2) is 11.9. The molecule has 1 aromatic carbocycles. The second-order valence-corrected chi connectivity index (χ2v) is 11.3. The average molecular weight is 505 g/mol. The molecule has 3 aromatic rings. The molecule has 2 fully saturated rings. The van der Waals surface area contributed by atoms with Crippen LogP contribution >= 0.6 is 0 Å². The van der Waals surface area contributed by atoms with Crippen LogP contribution in [0.1, 0.15) is 70.4 Å². The summed E-state index contributed by atoms with van der Waals surface area (Å²) >= 11 is 0. The lowest BCUT2D eigenvalue weighted by atomic mass is 9.93. The Morgan fingerprint density at radius 3 is 2.59 bits per heavy atom. The van der Waals surface area contributed by atoms with E-state index in [2.05, 4.69) is 71.0 Å². The smallest absolute Gasteiger partial charge is 0.224 e. The van der Waals surface area contributed by atoms with E-state index < -0.39 is 0 Å². The van der Waals surface area contributed by atoms with Gasteiger partial charge in [-0.15, -0.1) is 0 Å². The molecule has 7 heteroatoms. The van der Waals surface area contributed by atoms with Crippen LogP contribution in [-0.4, -0.2) is 74.8 Å². The first-order valence-electron chi connectivity index (χ1n) is 14.3. The van der Waals surface area contributed by atoms with Crippen molar-refractivity contribution in [3.63, 3.8) is 0 Å². The van der Waals surface area contributed by atoms with Gasteiger partial charge in [-0.3, -0.25) is 4.90 Å². The van der Waals surface area contributed by atoms with E-state index >= 15 is 0 Å². The maximum absolute atomic E-state index is 10.1. The second-order valence-electron chi connectivity index (χ2n) is 11.3. The van der Waals surface area contributed by atoms with E-state index in [4.69, 9.17) is 9.97 Å². The van der Waals surface area contributed by atoms with Crippen LogP contribution in [0, 0.1) is 0 Å². The van der Waals surface area contributed by atoms with E-state index in [0.29, 0.717) is 18.0 Å². The lowest BCUT2D eigenvalue weighted by Gasteiger charge is -2.27. The summed E-state index contributed by atoms with van der Waals surface area (Å²) in [6.45, 7) is 10.0. The predicted molar refractivity (Wildman–Crippen MR) is 152 cm³/mol. The van der Waals surface area contributed by atoms with Gasteiger partial charge < -0.3 is 19.9 Å². The molecule has 1 saturated heterocycles. The van der Waals surface area contributed by atoms with Gasteiger partial charge in [-0.25, -0.2) is 4.98 Å². The van der Waals surface area contributed by atoms with Crippen molar-refractivity contribution in [2.24, 2.45) is 0 Å². The van der Waals surface area contributed by atoms with Gasteiger partial charge >= 0.3 is 0 Å². The van der Waals surface area contributed by atoms with Gasteiger partial charge in [0, 0.05) is 55.1 Å². The molecule has 0 radical (unpaired) electrons. The molecule has 1 aliphatic heterocycles. The molecule has 1 unspecified atom stereocenters. The number of likely N-dealkylation sites (N-methyl/N-ethyl adjacent to an activating group) is 1. The maximum Gasteiger partial charge on any atom is 0.224 e. The zero-order valence-electron chi connectivity index (χ0n) is 22.9. The van der Waals surface area contributed by atoms with E-state index in [0.717, 1.165) is 69.2 Å². The number of anilines is 1. The van der Waals surface area contributed by atoms with Gasteiger partial charge in [0.25, 0.3) is 0 Å². The van der Waals surface area contributed by atoms with Crippen LogP contribution in [0.2, 0.25) is 0 Å². The molecule has 1 saturated carbocycles. The largest absolute Gasteiger partial charge is 0.393 e. The molecule has 0 spiro atoms. The Morgan fingerprint density at radius 2 is 1.84 bits per heavy atom. The summed E-state index contributed by atoms with van der Waals surface area (Å²) in [6.07, 6.45) is 11.2. The Bertz CT molecular complexity index is 1150. The molecule has 200 valence electrons. The van der Waals surface area contributed by atoms with Crippen molar-refractivity contribution in [3.8, 4) is 11.1 Å². The zero-order chi connectivity index (χ0) is 25.8. The average Bonchev–Trinajstić information content (AvgIpc) is 3.14. The third kappa shape index (κ3) is 6.33. The van der Waals surface area contributed by atoms with Gasteiger partial charge in [0.2, 0.25) is 5.95 Å². The van der Waals surface area contributed by atoms with Crippen LogP contribution in [0.25, 0.3) is 22.2 Å². The number of hydrogen-bond acceptors (Lipinski definition) is 6. The SMILES string of the molecule is CCCC(C)Nc1ncc2c(-c3ccc(CN4CCCN(C)CC4)cc3)cn(C3CCC(O)CC3)c2n1. The van der Waals surface area contributed by atoms with Crippen LogP contribution in [0.15, 0.2) is 36.7 Å². The Morgan fingerprint density at radius 1 is 1.05 bits per heavy atom. The Labute approximate surface area is 221 Å². The highest BCUT2D eigenvalue weighted by atomic mass is 16.3. The van der Waals surface area contributed by atoms with E-state index in [1.165, 1.54) is 36.2 Å². The highest BCUT2D eigenvalue weighted by Gasteiger charge is 2.24. The molecule has 2 aliphatic rings.